The van der Waals surface area contributed by atoms with Crippen LogP contribution in [0.3, 0.4) is 0 Å². The van der Waals surface area contributed by atoms with Gasteiger partial charge in [-0.25, -0.2) is 4.79 Å². The highest BCUT2D eigenvalue weighted by molar-refractivity contribution is 5.89. The highest BCUT2D eigenvalue weighted by atomic mass is 16.5. The number of nitrogen functional groups attached to an aromatic ring is 1. The molecule has 206 valence electrons. The predicted molar refractivity (Wildman–Crippen MR) is 153 cm³/mol. The first kappa shape index (κ1) is 27.1. The van der Waals surface area contributed by atoms with Crippen molar-refractivity contribution in [2.45, 2.75) is 118 Å². The summed E-state index contributed by atoms with van der Waals surface area (Å²) < 4.78 is 6.04. The molecule has 0 aromatic heterocycles. The molecule has 0 radical (unpaired) electrons. The van der Waals surface area contributed by atoms with Gasteiger partial charge in [-0.05, 0) is 134 Å². The van der Waals surface area contributed by atoms with Crippen molar-refractivity contribution >= 4 is 11.7 Å². The zero-order chi connectivity index (χ0) is 26.4. The Balaban J connectivity index is 1.21. The van der Waals surface area contributed by atoms with E-state index in [0.29, 0.717) is 28.0 Å². The van der Waals surface area contributed by atoms with Crippen molar-refractivity contribution < 1.29 is 9.53 Å². The van der Waals surface area contributed by atoms with Gasteiger partial charge in [-0.2, -0.15) is 0 Å². The van der Waals surface area contributed by atoms with Gasteiger partial charge in [0.2, 0.25) is 0 Å². The molecule has 2 N–H and O–H groups in total. The lowest BCUT2D eigenvalue weighted by atomic mass is 9.44. The molecule has 0 amide bonds. The first-order valence-corrected chi connectivity index (χ1v) is 15.7. The number of fused-ring (bicyclic) bond motifs is 5. The number of carbonyl (C=O) groups excluding carboxylic acids is 1. The van der Waals surface area contributed by atoms with E-state index in [4.69, 9.17) is 10.5 Å². The van der Waals surface area contributed by atoms with Crippen LogP contribution in [-0.2, 0) is 4.74 Å². The number of anilines is 1. The Morgan fingerprint density at radius 1 is 0.919 bits per heavy atom. The van der Waals surface area contributed by atoms with E-state index in [1.54, 1.807) is 24.3 Å². The standard InChI is InChI=1S/C34H53NO2/c1-22(2)7-6-8-23(3)29-15-16-30-28-14-11-25-21-27(37-32(36)24-9-12-26(35)13-10-24)17-19-33(25,4)31(28)18-20-34(29,30)5/h9-10,12-13,22-23,25,27-31H,6-8,11,14-21,35H2,1-5H3. The highest BCUT2D eigenvalue weighted by Gasteiger charge is 2.60. The molecule has 0 heterocycles. The smallest absolute Gasteiger partial charge is 0.338 e. The van der Waals surface area contributed by atoms with E-state index in [1.807, 2.05) is 0 Å². The van der Waals surface area contributed by atoms with Gasteiger partial charge in [0.1, 0.15) is 6.10 Å². The van der Waals surface area contributed by atoms with Crippen LogP contribution < -0.4 is 5.73 Å². The maximum Gasteiger partial charge on any atom is 0.338 e. The van der Waals surface area contributed by atoms with Crippen molar-refractivity contribution in [1.82, 2.24) is 0 Å². The SMILES string of the molecule is CC(C)CCCC(C)C1CCC2C3CCC4CC(OC(=O)c5ccc(N)cc5)CCC4(C)C3CCC12C. The van der Waals surface area contributed by atoms with Crippen molar-refractivity contribution in [3.63, 3.8) is 0 Å². The van der Waals surface area contributed by atoms with Crippen molar-refractivity contribution in [2.24, 2.45) is 52.3 Å². The molecular weight excluding hydrogens is 454 g/mol. The molecule has 3 heteroatoms. The number of carbonyl (C=O) groups is 1. The molecule has 9 unspecified atom stereocenters. The third-order valence-electron chi connectivity index (χ3n) is 12.2. The molecule has 4 saturated carbocycles. The lowest BCUT2D eigenvalue weighted by Gasteiger charge is -2.61. The Hall–Kier alpha value is -1.51. The minimum atomic E-state index is -0.185. The second-order valence-corrected chi connectivity index (χ2v) is 14.6. The number of benzene rings is 1. The highest BCUT2D eigenvalue weighted by Crippen LogP contribution is 2.68. The van der Waals surface area contributed by atoms with Crippen LogP contribution in [0.25, 0.3) is 0 Å². The Morgan fingerprint density at radius 2 is 1.62 bits per heavy atom. The summed E-state index contributed by atoms with van der Waals surface area (Å²) in [6.45, 7) is 12.6. The molecule has 4 aliphatic carbocycles. The summed E-state index contributed by atoms with van der Waals surface area (Å²) in [5, 5.41) is 0. The van der Waals surface area contributed by atoms with Crippen LogP contribution in [0.15, 0.2) is 24.3 Å². The van der Waals surface area contributed by atoms with Crippen molar-refractivity contribution in [2.75, 3.05) is 5.73 Å². The Labute approximate surface area is 226 Å². The maximum atomic E-state index is 12.8. The van der Waals surface area contributed by atoms with Crippen molar-refractivity contribution in [1.29, 1.82) is 0 Å². The molecule has 0 spiro atoms. The van der Waals surface area contributed by atoms with E-state index >= 15 is 0 Å². The summed E-state index contributed by atoms with van der Waals surface area (Å²) >= 11 is 0. The topological polar surface area (TPSA) is 52.3 Å². The minimum Gasteiger partial charge on any atom is -0.459 e. The Kier molecular flexibility index (Phi) is 7.74. The fourth-order valence-corrected chi connectivity index (χ4v) is 10.2. The van der Waals surface area contributed by atoms with Crippen LogP contribution in [0.4, 0.5) is 5.69 Å². The molecular formula is C34H53NO2. The molecule has 4 fully saturated rings. The number of nitrogens with two attached hydrogens (primary N) is 1. The molecule has 1 aromatic carbocycles. The predicted octanol–water partition coefficient (Wildman–Crippen LogP) is 8.92. The van der Waals surface area contributed by atoms with Gasteiger partial charge in [0, 0.05) is 5.69 Å². The van der Waals surface area contributed by atoms with Gasteiger partial charge in [-0.15, -0.1) is 0 Å². The molecule has 4 aliphatic rings. The summed E-state index contributed by atoms with van der Waals surface area (Å²) in [7, 11) is 0. The zero-order valence-corrected chi connectivity index (χ0v) is 24.3. The van der Waals surface area contributed by atoms with E-state index in [2.05, 4.69) is 34.6 Å². The summed E-state index contributed by atoms with van der Waals surface area (Å²) in [5.74, 6) is 5.88. The second kappa shape index (κ2) is 10.6. The molecule has 0 aliphatic heterocycles. The van der Waals surface area contributed by atoms with E-state index in [9.17, 15) is 4.79 Å². The first-order valence-electron chi connectivity index (χ1n) is 15.7. The molecule has 5 rings (SSSR count). The number of rotatable bonds is 7. The average Bonchev–Trinajstić information content (AvgIpc) is 3.21. The van der Waals surface area contributed by atoms with Gasteiger partial charge >= 0.3 is 5.97 Å². The van der Waals surface area contributed by atoms with Gasteiger partial charge in [-0.3, -0.25) is 0 Å². The Bertz CT molecular complexity index is 940. The fourth-order valence-electron chi connectivity index (χ4n) is 10.2. The van der Waals surface area contributed by atoms with Gasteiger partial charge in [-0.1, -0.05) is 53.9 Å². The number of ether oxygens (including phenoxy) is 1. The normalized spacial score (nSPS) is 39.9. The van der Waals surface area contributed by atoms with Crippen LogP contribution >= 0.6 is 0 Å². The minimum absolute atomic E-state index is 0.0658. The summed E-state index contributed by atoms with van der Waals surface area (Å²) in [4.78, 5) is 12.8. The third kappa shape index (κ3) is 5.10. The van der Waals surface area contributed by atoms with E-state index < -0.39 is 0 Å². The maximum absolute atomic E-state index is 12.8. The van der Waals surface area contributed by atoms with Crippen LogP contribution in [0, 0.1) is 52.3 Å². The number of hydrogen-bond acceptors (Lipinski definition) is 3. The van der Waals surface area contributed by atoms with E-state index in [1.165, 1.54) is 64.2 Å². The summed E-state index contributed by atoms with van der Waals surface area (Å²) in [5.41, 5.74) is 8.08. The zero-order valence-electron chi connectivity index (χ0n) is 24.3. The summed E-state index contributed by atoms with van der Waals surface area (Å²) in [6.07, 6.45) is 16.1. The average molecular weight is 508 g/mol. The van der Waals surface area contributed by atoms with E-state index in [0.717, 1.165) is 48.3 Å². The number of esters is 1. The molecule has 9 atom stereocenters. The van der Waals surface area contributed by atoms with Gasteiger partial charge in [0.05, 0.1) is 5.56 Å². The number of hydrogen-bond donors (Lipinski definition) is 1. The van der Waals surface area contributed by atoms with Crippen LogP contribution in [-0.4, -0.2) is 12.1 Å². The lowest BCUT2D eigenvalue weighted by molar-refractivity contribution is -0.130. The summed E-state index contributed by atoms with van der Waals surface area (Å²) in [6, 6.07) is 7.14. The van der Waals surface area contributed by atoms with Gasteiger partial charge in [0.15, 0.2) is 0 Å². The van der Waals surface area contributed by atoms with Gasteiger partial charge < -0.3 is 10.5 Å². The Morgan fingerprint density at radius 3 is 2.35 bits per heavy atom. The first-order chi connectivity index (χ1) is 17.6. The molecule has 3 nitrogen and oxygen atoms in total. The fraction of sp³-hybridized carbons (Fsp3) is 0.794. The van der Waals surface area contributed by atoms with Gasteiger partial charge in [0.25, 0.3) is 0 Å². The van der Waals surface area contributed by atoms with Crippen LogP contribution in [0.2, 0.25) is 0 Å². The van der Waals surface area contributed by atoms with Crippen LogP contribution in [0.1, 0.15) is 122 Å². The largest absolute Gasteiger partial charge is 0.459 e. The second-order valence-electron chi connectivity index (χ2n) is 14.6. The molecule has 37 heavy (non-hydrogen) atoms. The van der Waals surface area contributed by atoms with Crippen LogP contribution in [0.5, 0.6) is 0 Å². The quantitative estimate of drug-likeness (QED) is 0.296. The van der Waals surface area contributed by atoms with E-state index in [-0.39, 0.29) is 12.1 Å². The molecule has 1 aromatic rings. The van der Waals surface area contributed by atoms with Crippen molar-refractivity contribution in [3.8, 4) is 0 Å². The molecule has 0 bridgehead atoms. The van der Waals surface area contributed by atoms with Crippen molar-refractivity contribution in [3.05, 3.63) is 29.8 Å². The third-order valence-corrected chi connectivity index (χ3v) is 12.2. The monoisotopic (exact) mass is 507 g/mol. The molecule has 0 saturated heterocycles. The lowest BCUT2D eigenvalue weighted by Crippen LogP contribution is -2.54.